The van der Waals surface area contributed by atoms with Gasteiger partial charge in [-0.05, 0) is 48.4 Å². The molecule has 0 amide bonds. The summed E-state index contributed by atoms with van der Waals surface area (Å²) < 4.78 is 41.1. The maximum absolute atomic E-state index is 13.7. The van der Waals surface area contributed by atoms with Crippen molar-refractivity contribution in [1.82, 2.24) is 10.2 Å². The van der Waals surface area contributed by atoms with Gasteiger partial charge in [0.1, 0.15) is 6.07 Å². The van der Waals surface area contributed by atoms with Crippen LogP contribution in [0.25, 0.3) is 22.0 Å². The van der Waals surface area contributed by atoms with E-state index in [-0.39, 0.29) is 11.3 Å². The van der Waals surface area contributed by atoms with Crippen LogP contribution in [0.3, 0.4) is 0 Å². The number of nitrogens with two attached hydrogens (primary N) is 1. The van der Waals surface area contributed by atoms with E-state index < -0.39 is 17.3 Å². The Morgan fingerprint density at radius 3 is 2.58 bits per heavy atom. The molecule has 0 bridgehead atoms. The van der Waals surface area contributed by atoms with Crippen LogP contribution in [0.5, 0.6) is 0 Å². The molecule has 3 aromatic rings. The zero-order chi connectivity index (χ0) is 18.5. The normalized spacial score (nSPS) is 14.2. The van der Waals surface area contributed by atoms with Crippen molar-refractivity contribution in [2.75, 3.05) is 5.73 Å². The van der Waals surface area contributed by atoms with Gasteiger partial charge in [0.15, 0.2) is 0 Å². The number of fused-ring (bicyclic) bond motifs is 2. The number of alkyl halides is 3. The van der Waals surface area contributed by atoms with Gasteiger partial charge in [0.05, 0.1) is 28.5 Å². The van der Waals surface area contributed by atoms with Crippen molar-refractivity contribution in [3.8, 4) is 17.2 Å². The first kappa shape index (κ1) is 16.5. The summed E-state index contributed by atoms with van der Waals surface area (Å²) in [6.07, 6.45) is -0.639. The molecule has 2 aromatic carbocycles. The van der Waals surface area contributed by atoms with Crippen LogP contribution in [0.2, 0.25) is 0 Å². The summed E-state index contributed by atoms with van der Waals surface area (Å²) in [7, 11) is 0. The third-order valence-electron chi connectivity index (χ3n) is 4.99. The number of nitrogens with zero attached hydrogens (tertiary/aromatic N) is 2. The van der Waals surface area contributed by atoms with Crippen molar-refractivity contribution in [2.45, 2.75) is 31.9 Å². The Balaban J connectivity index is 2.08. The molecule has 0 aliphatic heterocycles. The monoisotopic (exact) mass is 356 g/mol. The van der Waals surface area contributed by atoms with Gasteiger partial charge in [-0.25, -0.2) is 0 Å². The van der Waals surface area contributed by atoms with Crippen molar-refractivity contribution in [3.63, 3.8) is 0 Å². The van der Waals surface area contributed by atoms with Gasteiger partial charge in [0.2, 0.25) is 0 Å². The summed E-state index contributed by atoms with van der Waals surface area (Å²) in [6, 6.07) is 7.17. The van der Waals surface area contributed by atoms with E-state index in [0.29, 0.717) is 36.0 Å². The van der Waals surface area contributed by atoms with Gasteiger partial charge in [-0.2, -0.15) is 23.5 Å². The van der Waals surface area contributed by atoms with Crippen LogP contribution >= 0.6 is 0 Å². The van der Waals surface area contributed by atoms with Gasteiger partial charge in [0, 0.05) is 10.9 Å². The number of nitriles is 1. The Morgan fingerprint density at radius 1 is 1.15 bits per heavy atom. The molecule has 1 heterocycles. The summed E-state index contributed by atoms with van der Waals surface area (Å²) in [5.41, 5.74) is 7.52. The predicted octanol–water partition coefficient (Wildman–Crippen LogP) is 4.58. The van der Waals surface area contributed by atoms with Gasteiger partial charge in [0.25, 0.3) is 0 Å². The summed E-state index contributed by atoms with van der Waals surface area (Å²) in [6.45, 7) is 0. The van der Waals surface area contributed by atoms with E-state index in [1.54, 1.807) is 12.3 Å². The van der Waals surface area contributed by atoms with E-state index in [0.717, 1.165) is 17.3 Å². The first-order chi connectivity index (χ1) is 12.4. The molecule has 3 N–H and O–H groups in total. The standard InChI is InChI=1S/C19H15F3N4/c20-19(21,22)17-13-4-2-1-3-12(13)16(18(24)14(17)8-23)10-5-6-11-9-25-26-15(11)7-10/h5-7,9H,1-4,24H2,(H,25,26). The lowest BCUT2D eigenvalue weighted by molar-refractivity contribution is -0.138. The smallest absolute Gasteiger partial charge is 0.397 e. The third-order valence-corrected chi connectivity index (χ3v) is 4.99. The van der Waals surface area contributed by atoms with E-state index in [9.17, 15) is 18.4 Å². The number of hydrogen-bond donors (Lipinski definition) is 2. The maximum atomic E-state index is 13.7. The number of aromatic amines is 1. The third kappa shape index (κ3) is 2.41. The molecule has 26 heavy (non-hydrogen) atoms. The maximum Gasteiger partial charge on any atom is 0.418 e. The Morgan fingerprint density at radius 2 is 1.88 bits per heavy atom. The molecule has 1 aromatic heterocycles. The number of H-pyrrole nitrogens is 1. The second kappa shape index (κ2) is 5.77. The molecular formula is C19H15F3N4. The van der Waals surface area contributed by atoms with Gasteiger partial charge in [-0.15, -0.1) is 0 Å². The molecule has 0 saturated heterocycles. The van der Waals surface area contributed by atoms with Crippen molar-refractivity contribution < 1.29 is 13.2 Å². The first-order valence-electron chi connectivity index (χ1n) is 8.29. The number of nitrogens with one attached hydrogen (secondary N) is 1. The van der Waals surface area contributed by atoms with E-state index in [1.165, 1.54) is 0 Å². The van der Waals surface area contributed by atoms with Gasteiger partial charge < -0.3 is 5.73 Å². The predicted molar refractivity (Wildman–Crippen MR) is 92.3 cm³/mol. The summed E-state index contributed by atoms with van der Waals surface area (Å²) in [5, 5.41) is 17.2. The molecule has 4 nitrogen and oxygen atoms in total. The van der Waals surface area contributed by atoms with Crippen molar-refractivity contribution in [2.24, 2.45) is 0 Å². The second-order valence-electron chi connectivity index (χ2n) is 6.48. The molecule has 1 aliphatic carbocycles. The Kier molecular flexibility index (Phi) is 3.65. The number of rotatable bonds is 1. The zero-order valence-electron chi connectivity index (χ0n) is 13.7. The van der Waals surface area contributed by atoms with E-state index in [1.807, 2.05) is 18.2 Å². The van der Waals surface area contributed by atoms with Gasteiger partial charge >= 0.3 is 6.18 Å². The lowest BCUT2D eigenvalue weighted by atomic mass is 9.79. The molecule has 0 saturated carbocycles. The van der Waals surface area contributed by atoms with Crippen LogP contribution in [0, 0.1) is 11.3 Å². The highest BCUT2D eigenvalue weighted by molar-refractivity contribution is 5.91. The number of nitrogen functional groups attached to an aromatic ring is 1. The zero-order valence-corrected chi connectivity index (χ0v) is 13.7. The quantitative estimate of drug-likeness (QED) is 0.626. The summed E-state index contributed by atoms with van der Waals surface area (Å²) >= 11 is 0. The lowest BCUT2D eigenvalue weighted by Crippen LogP contribution is -2.19. The molecule has 0 fully saturated rings. The van der Waals surface area contributed by atoms with Crippen LogP contribution in [0.4, 0.5) is 18.9 Å². The average molecular weight is 356 g/mol. The minimum absolute atomic E-state index is 0.0978. The summed E-state index contributed by atoms with van der Waals surface area (Å²) in [5.74, 6) is 0. The fraction of sp³-hybridized carbons (Fsp3) is 0.263. The highest BCUT2D eigenvalue weighted by atomic mass is 19.4. The van der Waals surface area contributed by atoms with E-state index in [4.69, 9.17) is 5.73 Å². The first-order valence-corrected chi connectivity index (χ1v) is 8.29. The topological polar surface area (TPSA) is 78.5 Å². The number of aromatic nitrogens is 2. The fourth-order valence-corrected chi connectivity index (χ4v) is 3.88. The van der Waals surface area contributed by atoms with E-state index >= 15 is 0 Å². The molecule has 4 rings (SSSR count). The lowest BCUT2D eigenvalue weighted by Gasteiger charge is -2.27. The number of hydrogen-bond acceptors (Lipinski definition) is 3. The van der Waals surface area contributed by atoms with E-state index in [2.05, 4.69) is 10.2 Å². The molecule has 0 spiro atoms. The van der Waals surface area contributed by atoms with Crippen LogP contribution in [0.15, 0.2) is 24.4 Å². The van der Waals surface area contributed by atoms with Crippen LogP contribution in [-0.4, -0.2) is 10.2 Å². The molecule has 0 unspecified atom stereocenters. The Hall–Kier alpha value is -3.01. The fourth-order valence-electron chi connectivity index (χ4n) is 3.88. The summed E-state index contributed by atoms with van der Waals surface area (Å²) in [4.78, 5) is 0. The second-order valence-corrected chi connectivity index (χ2v) is 6.48. The number of benzene rings is 2. The van der Waals surface area contributed by atoms with Crippen LogP contribution in [0.1, 0.15) is 35.1 Å². The average Bonchev–Trinajstić information content (AvgIpc) is 3.07. The molecule has 0 radical (unpaired) electrons. The Labute approximate surface area is 147 Å². The number of anilines is 1. The molecule has 132 valence electrons. The Bertz CT molecular complexity index is 1060. The van der Waals surface area contributed by atoms with Crippen LogP contribution < -0.4 is 5.73 Å². The van der Waals surface area contributed by atoms with Gasteiger partial charge in [-0.3, -0.25) is 5.10 Å². The van der Waals surface area contributed by atoms with Crippen molar-refractivity contribution >= 4 is 16.6 Å². The van der Waals surface area contributed by atoms with Crippen LogP contribution in [-0.2, 0) is 19.0 Å². The minimum atomic E-state index is -4.60. The van der Waals surface area contributed by atoms with Gasteiger partial charge in [-0.1, -0.05) is 12.1 Å². The highest BCUT2D eigenvalue weighted by Gasteiger charge is 2.40. The molecule has 1 aliphatic rings. The number of halogens is 3. The highest BCUT2D eigenvalue weighted by Crippen LogP contribution is 2.46. The molecule has 0 atom stereocenters. The molecular weight excluding hydrogens is 341 g/mol. The minimum Gasteiger partial charge on any atom is -0.397 e. The van der Waals surface area contributed by atoms with Crippen molar-refractivity contribution in [3.05, 3.63) is 46.6 Å². The molecule has 7 heteroatoms. The SMILES string of the molecule is N#Cc1c(N)c(-c2ccc3cn[nH]c3c2)c2c(c1C(F)(F)F)CCCC2. The largest absolute Gasteiger partial charge is 0.418 e. The van der Waals surface area contributed by atoms with Crippen molar-refractivity contribution in [1.29, 1.82) is 5.26 Å².